The third kappa shape index (κ3) is 7.21. The number of rotatable bonds is 9. The van der Waals surface area contributed by atoms with Crippen molar-refractivity contribution in [2.45, 2.75) is 20.8 Å². The van der Waals surface area contributed by atoms with E-state index in [1.165, 1.54) is 12.3 Å². The molecular weight excluding hydrogens is 338 g/mol. The van der Waals surface area contributed by atoms with E-state index in [1.54, 1.807) is 45.0 Å². The number of benzene rings is 1. The number of esters is 3. The predicted octanol–water partition coefficient (Wildman–Crippen LogP) is 2.84. The molecule has 0 bridgehead atoms. The number of anilines is 1. The van der Waals surface area contributed by atoms with E-state index in [9.17, 15) is 14.4 Å². The summed E-state index contributed by atoms with van der Waals surface area (Å²) in [6, 6.07) is 6.54. The molecule has 1 aromatic carbocycles. The molecule has 0 fully saturated rings. The third-order valence-electron chi connectivity index (χ3n) is 2.99. The van der Waals surface area contributed by atoms with Gasteiger partial charge < -0.3 is 19.5 Å². The molecule has 140 valence electrons. The van der Waals surface area contributed by atoms with Crippen LogP contribution in [0.3, 0.4) is 0 Å². The van der Waals surface area contributed by atoms with Gasteiger partial charge >= 0.3 is 17.9 Å². The Labute approximate surface area is 152 Å². The fraction of sp³-hybridized carbons (Fsp3) is 0.316. The van der Waals surface area contributed by atoms with E-state index in [4.69, 9.17) is 14.2 Å². The average molecular weight is 361 g/mol. The van der Waals surface area contributed by atoms with Crippen LogP contribution in [0.1, 0.15) is 31.1 Å². The van der Waals surface area contributed by atoms with Gasteiger partial charge in [-0.1, -0.05) is 0 Å². The second kappa shape index (κ2) is 11.5. The molecule has 0 radical (unpaired) electrons. The molecule has 0 saturated heterocycles. The van der Waals surface area contributed by atoms with E-state index in [2.05, 4.69) is 5.32 Å². The van der Waals surface area contributed by atoms with Crippen molar-refractivity contribution in [3.8, 4) is 0 Å². The molecule has 0 unspecified atom stereocenters. The molecule has 0 aliphatic rings. The van der Waals surface area contributed by atoms with Crippen molar-refractivity contribution in [1.82, 2.24) is 0 Å². The van der Waals surface area contributed by atoms with Gasteiger partial charge in [-0.3, -0.25) is 0 Å². The largest absolute Gasteiger partial charge is 0.463 e. The van der Waals surface area contributed by atoms with E-state index >= 15 is 0 Å². The Hall–Kier alpha value is -3.09. The first-order chi connectivity index (χ1) is 12.5. The topological polar surface area (TPSA) is 90.9 Å². The molecule has 26 heavy (non-hydrogen) atoms. The van der Waals surface area contributed by atoms with Crippen LogP contribution in [0.25, 0.3) is 0 Å². The summed E-state index contributed by atoms with van der Waals surface area (Å²) >= 11 is 0. The van der Waals surface area contributed by atoms with Gasteiger partial charge in [0.15, 0.2) is 0 Å². The number of ether oxygens (including phenoxy) is 3. The highest BCUT2D eigenvalue weighted by Crippen LogP contribution is 2.12. The Morgan fingerprint density at radius 2 is 1.50 bits per heavy atom. The van der Waals surface area contributed by atoms with Gasteiger partial charge in [0, 0.05) is 18.0 Å². The van der Waals surface area contributed by atoms with Crippen LogP contribution in [0, 0.1) is 0 Å². The molecule has 1 N–H and O–H groups in total. The molecule has 0 amide bonds. The molecule has 1 aromatic rings. The van der Waals surface area contributed by atoms with Crippen molar-refractivity contribution < 1.29 is 28.6 Å². The molecule has 7 nitrogen and oxygen atoms in total. The molecular formula is C19H23NO6. The van der Waals surface area contributed by atoms with Gasteiger partial charge in [-0.25, -0.2) is 14.4 Å². The van der Waals surface area contributed by atoms with Crippen LogP contribution in [-0.4, -0.2) is 37.7 Å². The van der Waals surface area contributed by atoms with Crippen LogP contribution in [0.5, 0.6) is 0 Å². The second-order valence-corrected chi connectivity index (χ2v) is 4.85. The highest BCUT2D eigenvalue weighted by Gasteiger charge is 2.09. The zero-order valence-corrected chi connectivity index (χ0v) is 15.1. The highest BCUT2D eigenvalue weighted by molar-refractivity contribution is 5.94. The van der Waals surface area contributed by atoms with Gasteiger partial charge in [0.1, 0.15) is 0 Å². The molecule has 0 spiro atoms. The Morgan fingerprint density at radius 1 is 0.885 bits per heavy atom. The van der Waals surface area contributed by atoms with Crippen molar-refractivity contribution in [2.75, 3.05) is 25.1 Å². The molecule has 0 aliphatic carbocycles. The van der Waals surface area contributed by atoms with Gasteiger partial charge in [-0.2, -0.15) is 0 Å². The Kier molecular flexibility index (Phi) is 9.24. The Morgan fingerprint density at radius 3 is 2.08 bits per heavy atom. The van der Waals surface area contributed by atoms with Crippen LogP contribution in [0.4, 0.5) is 5.69 Å². The smallest absolute Gasteiger partial charge is 0.339 e. The molecule has 0 heterocycles. The Bertz CT molecular complexity index is 676. The van der Waals surface area contributed by atoms with Crippen molar-refractivity contribution in [2.24, 2.45) is 0 Å². The van der Waals surface area contributed by atoms with Crippen LogP contribution >= 0.6 is 0 Å². The van der Waals surface area contributed by atoms with E-state index in [1.807, 2.05) is 0 Å². The molecule has 1 rings (SSSR count). The van der Waals surface area contributed by atoms with Crippen molar-refractivity contribution in [3.63, 3.8) is 0 Å². The second-order valence-electron chi connectivity index (χ2n) is 4.85. The van der Waals surface area contributed by atoms with Gasteiger partial charge in [0.25, 0.3) is 0 Å². The van der Waals surface area contributed by atoms with E-state index in [0.29, 0.717) is 17.9 Å². The maximum absolute atomic E-state index is 12.0. The van der Waals surface area contributed by atoms with Gasteiger partial charge in [0.2, 0.25) is 0 Å². The summed E-state index contributed by atoms with van der Waals surface area (Å²) in [6.07, 6.45) is 3.88. The minimum atomic E-state index is -0.580. The fourth-order valence-electron chi connectivity index (χ4n) is 1.82. The minimum absolute atomic E-state index is 0.148. The van der Waals surface area contributed by atoms with Crippen LogP contribution < -0.4 is 5.32 Å². The minimum Gasteiger partial charge on any atom is -0.463 e. The number of carbonyl (C=O) groups is 3. The lowest BCUT2D eigenvalue weighted by atomic mass is 10.2. The number of hydrogen-bond donors (Lipinski definition) is 1. The summed E-state index contributed by atoms with van der Waals surface area (Å²) < 4.78 is 14.6. The van der Waals surface area contributed by atoms with Crippen molar-refractivity contribution in [1.29, 1.82) is 0 Å². The van der Waals surface area contributed by atoms with Crippen LogP contribution in [-0.2, 0) is 23.8 Å². The highest BCUT2D eigenvalue weighted by atomic mass is 16.5. The average Bonchev–Trinajstić information content (AvgIpc) is 2.62. The van der Waals surface area contributed by atoms with Crippen LogP contribution in [0.2, 0.25) is 0 Å². The molecule has 0 aliphatic heterocycles. The summed E-state index contributed by atoms with van der Waals surface area (Å²) in [6.45, 7) is 5.86. The van der Waals surface area contributed by atoms with E-state index in [0.717, 1.165) is 6.08 Å². The first kappa shape index (κ1) is 21.0. The standard InChI is InChI=1S/C19H23NO6/c1-4-24-17(21)12-9-15(19(23)26-6-3)13-20-16-10-7-14(8-11-16)18(22)25-5-2/h7-13,20H,4-6H2,1-3H3/b12-9+,15-13-. The number of nitrogens with one attached hydrogen (secondary N) is 1. The van der Waals surface area contributed by atoms with Crippen molar-refractivity contribution in [3.05, 3.63) is 53.8 Å². The summed E-state index contributed by atoms with van der Waals surface area (Å²) in [5, 5.41) is 2.92. The summed E-state index contributed by atoms with van der Waals surface area (Å²) in [4.78, 5) is 35.0. The van der Waals surface area contributed by atoms with Gasteiger partial charge in [0.05, 0.1) is 31.0 Å². The summed E-state index contributed by atoms with van der Waals surface area (Å²) in [5.74, 6) is -1.54. The van der Waals surface area contributed by atoms with Gasteiger partial charge in [-0.15, -0.1) is 0 Å². The predicted molar refractivity (Wildman–Crippen MR) is 96.5 cm³/mol. The number of hydrogen-bond acceptors (Lipinski definition) is 7. The molecule has 0 saturated carbocycles. The molecule has 0 atom stereocenters. The maximum Gasteiger partial charge on any atom is 0.339 e. The third-order valence-corrected chi connectivity index (χ3v) is 2.99. The molecule has 7 heteroatoms. The monoisotopic (exact) mass is 361 g/mol. The van der Waals surface area contributed by atoms with Crippen LogP contribution in [0.15, 0.2) is 48.2 Å². The number of carbonyl (C=O) groups excluding carboxylic acids is 3. The van der Waals surface area contributed by atoms with E-state index in [-0.39, 0.29) is 18.8 Å². The lowest BCUT2D eigenvalue weighted by molar-refractivity contribution is -0.138. The van der Waals surface area contributed by atoms with Crippen molar-refractivity contribution >= 4 is 23.6 Å². The summed E-state index contributed by atoms with van der Waals surface area (Å²) in [5.41, 5.74) is 1.22. The van der Waals surface area contributed by atoms with E-state index < -0.39 is 17.9 Å². The molecule has 0 aromatic heterocycles. The quantitative estimate of drug-likeness (QED) is 0.313. The Balaban J connectivity index is 2.87. The van der Waals surface area contributed by atoms with Gasteiger partial charge in [-0.05, 0) is 51.1 Å². The lowest BCUT2D eigenvalue weighted by Gasteiger charge is -2.06. The SMILES string of the molecule is CCOC(=O)/C=C/C(=C/Nc1ccc(C(=O)OCC)cc1)C(=O)OCC. The first-order valence-electron chi connectivity index (χ1n) is 8.27. The summed E-state index contributed by atoms with van der Waals surface area (Å²) in [7, 11) is 0. The maximum atomic E-state index is 12.0. The first-order valence-corrected chi connectivity index (χ1v) is 8.27. The zero-order chi connectivity index (χ0) is 19.4. The zero-order valence-electron chi connectivity index (χ0n) is 15.1. The lowest BCUT2D eigenvalue weighted by Crippen LogP contribution is -2.09. The fourth-order valence-corrected chi connectivity index (χ4v) is 1.82. The normalized spacial score (nSPS) is 11.1.